The van der Waals surface area contributed by atoms with Crippen LogP contribution < -0.4 is 15.7 Å². The molecule has 9 heteroatoms. The summed E-state index contributed by atoms with van der Waals surface area (Å²) < 4.78 is 15.0. The number of nitrogens with one attached hydrogen (secondary N) is 1. The van der Waals surface area contributed by atoms with Gasteiger partial charge in [-0.25, -0.2) is 0 Å². The highest BCUT2D eigenvalue weighted by atomic mass is 79.9. The smallest absolute Gasteiger partial charge is 0.296 e. The molecule has 42 heavy (non-hydrogen) atoms. The van der Waals surface area contributed by atoms with Crippen molar-refractivity contribution in [3.63, 3.8) is 0 Å². The summed E-state index contributed by atoms with van der Waals surface area (Å²) in [6.07, 6.45) is 0.402. The van der Waals surface area contributed by atoms with Gasteiger partial charge in [0.25, 0.3) is 14.0 Å². The maximum absolute atomic E-state index is 11.9. The molecule has 0 bridgehead atoms. The summed E-state index contributed by atoms with van der Waals surface area (Å²) in [7, 11) is -4.90. The molecule has 3 rings (SSSR count). The Bertz CT molecular complexity index is 1300. The highest BCUT2D eigenvalue weighted by molar-refractivity contribution is 9.10. The molecule has 0 saturated heterocycles. The van der Waals surface area contributed by atoms with Gasteiger partial charge in [-0.05, 0) is 59.0 Å². The third-order valence-electron chi connectivity index (χ3n) is 8.53. The Morgan fingerprint density at radius 3 is 1.86 bits per heavy atom. The van der Waals surface area contributed by atoms with Crippen LogP contribution in [0.4, 0.5) is 11.4 Å². The molecule has 0 aliphatic heterocycles. The average molecular weight is 672 g/mol. The number of hydrogen-bond acceptors (Lipinski definition) is 5. The van der Waals surface area contributed by atoms with Crippen LogP contribution in [0.1, 0.15) is 53.5 Å². The number of halogens is 1. The van der Waals surface area contributed by atoms with E-state index in [-0.39, 0.29) is 26.8 Å². The second-order valence-electron chi connectivity index (χ2n) is 13.5. The molecule has 0 aliphatic rings. The first-order valence-corrected chi connectivity index (χ1v) is 20.2. The van der Waals surface area contributed by atoms with Crippen LogP contribution in [0.2, 0.25) is 23.2 Å². The molecule has 0 aliphatic carbocycles. The molecule has 3 aromatic carbocycles. The van der Waals surface area contributed by atoms with E-state index in [9.17, 15) is 10.1 Å². The number of nitrogens with zero attached hydrogens (tertiary/aromatic N) is 1. The summed E-state index contributed by atoms with van der Waals surface area (Å²) in [5, 5.41) is 17.6. The van der Waals surface area contributed by atoms with Crippen LogP contribution in [-0.4, -0.2) is 40.8 Å². The minimum Gasteiger partial charge on any atom is -0.414 e. The van der Waals surface area contributed by atoms with E-state index >= 15 is 0 Å². The van der Waals surface area contributed by atoms with Gasteiger partial charge >= 0.3 is 0 Å². The first kappa shape index (κ1) is 34.2. The molecule has 6 nitrogen and oxygen atoms in total. The lowest BCUT2D eigenvalue weighted by atomic mass is 10.1. The standard InChI is InChI=1S/C33H47BrN2O4Si2/c1-25-29(34)20-21-30(31(25)36(37)38)35-23-22-26(24-39-41(8,9)32(2,3)4)40-42(33(5,6)7,27-16-12-10-13-17-27)28-18-14-11-15-19-28/h10-21,26,35H,22-24H2,1-9H3/t26-/m1/s1. The van der Waals surface area contributed by atoms with E-state index in [1.165, 1.54) is 10.4 Å². The molecule has 1 atom stereocenters. The molecule has 3 aromatic rings. The van der Waals surface area contributed by atoms with Crippen molar-refractivity contribution < 1.29 is 13.8 Å². The molecule has 0 saturated carbocycles. The Morgan fingerprint density at radius 2 is 1.40 bits per heavy atom. The SMILES string of the molecule is Cc1c(Br)ccc(NCC[C@H](CO[Si](C)(C)C(C)(C)C)O[Si](c2ccccc2)(c2ccccc2)C(C)(C)C)c1[N+](=O)[O-]. The molecular weight excluding hydrogens is 624 g/mol. The lowest BCUT2D eigenvalue weighted by Gasteiger charge is -2.46. The summed E-state index contributed by atoms with van der Waals surface area (Å²) in [5.41, 5.74) is 1.20. The monoisotopic (exact) mass is 670 g/mol. The zero-order chi connectivity index (χ0) is 31.3. The van der Waals surface area contributed by atoms with Crippen LogP contribution in [-0.2, 0) is 8.85 Å². The van der Waals surface area contributed by atoms with Crippen LogP contribution in [0, 0.1) is 17.0 Å². The number of nitro groups is 1. The van der Waals surface area contributed by atoms with Crippen LogP contribution >= 0.6 is 15.9 Å². The molecular formula is C33H47BrN2O4Si2. The van der Waals surface area contributed by atoms with E-state index in [1.54, 1.807) is 13.0 Å². The van der Waals surface area contributed by atoms with Crippen molar-refractivity contribution in [3.8, 4) is 0 Å². The zero-order valence-corrected chi connectivity index (χ0v) is 30.2. The third-order valence-corrected chi connectivity index (χ3v) is 19.0. The van der Waals surface area contributed by atoms with E-state index in [0.29, 0.717) is 30.8 Å². The van der Waals surface area contributed by atoms with Crippen LogP contribution in [0.15, 0.2) is 77.3 Å². The lowest BCUT2D eigenvalue weighted by molar-refractivity contribution is -0.384. The van der Waals surface area contributed by atoms with Crippen molar-refractivity contribution in [1.82, 2.24) is 0 Å². The molecule has 1 N–H and O–H groups in total. The van der Waals surface area contributed by atoms with Gasteiger partial charge in [0.05, 0.1) is 17.6 Å². The molecule has 0 fully saturated rings. The van der Waals surface area contributed by atoms with Gasteiger partial charge in [-0.1, -0.05) is 118 Å². The van der Waals surface area contributed by atoms with E-state index in [4.69, 9.17) is 8.85 Å². The van der Waals surface area contributed by atoms with E-state index in [0.717, 1.165) is 4.47 Å². The second kappa shape index (κ2) is 13.6. The van der Waals surface area contributed by atoms with Crippen molar-refractivity contribution >= 4 is 54.3 Å². The maximum atomic E-state index is 11.9. The molecule has 0 amide bonds. The molecule has 0 radical (unpaired) electrons. The fourth-order valence-corrected chi connectivity index (χ4v) is 11.1. The molecule has 0 heterocycles. The minimum atomic E-state index is -2.84. The number of hydrogen-bond donors (Lipinski definition) is 1. The van der Waals surface area contributed by atoms with Crippen molar-refractivity contribution in [2.45, 2.75) is 84.2 Å². The van der Waals surface area contributed by atoms with Gasteiger partial charge in [0.15, 0.2) is 8.32 Å². The normalized spacial score (nSPS) is 13.6. The lowest BCUT2D eigenvalue weighted by Crippen LogP contribution is -2.68. The van der Waals surface area contributed by atoms with E-state index in [2.05, 4.69) is 124 Å². The fourth-order valence-electron chi connectivity index (χ4n) is 5.06. The zero-order valence-electron chi connectivity index (χ0n) is 26.6. The number of benzene rings is 3. The third kappa shape index (κ3) is 7.60. The molecule has 0 unspecified atom stereocenters. The number of anilines is 1. The Hall–Kier alpha value is -2.31. The highest BCUT2D eigenvalue weighted by Crippen LogP contribution is 2.40. The van der Waals surface area contributed by atoms with Crippen molar-refractivity contribution in [3.05, 3.63) is 92.9 Å². The van der Waals surface area contributed by atoms with Gasteiger partial charge in [-0.3, -0.25) is 10.1 Å². The first-order valence-electron chi connectivity index (χ1n) is 14.6. The largest absolute Gasteiger partial charge is 0.414 e. The summed E-state index contributed by atoms with van der Waals surface area (Å²) in [6, 6.07) is 24.9. The van der Waals surface area contributed by atoms with Gasteiger partial charge in [0, 0.05) is 16.6 Å². The predicted molar refractivity (Wildman–Crippen MR) is 184 cm³/mol. The van der Waals surface area contributed by atoms with Crippen molar-refractivity contribution in [1.29, 1.82) is 0 Å². The van der Waals surface area contributed by atoms with Crippen LogP contribution in [0.3, 0.4) is 0 Å². The number of nitro benzene ring substituents is 1. The fraction of sp³-hybridized carbons (Fsp3) is 0.455. The van der Waals surface area contributed by atoms with Gasteiger partial charge in [-0.15, -0.1) is 0 Å². The molecule has 0 aromatic heterocycles. The first-order chi connectivity index (χ1) is 19.5. The van der Waals surface area contributed by atoms with E-state index < -0.39 is 16.6 Å². The quantitative estimate of drug-likeness (QED) is 0.119. The minimum absolute atomic E-state index is 0.0583. The summed E-state index contributed by atoms with van der Waals surface area (Å²) >= 11 is 3.43. The van der Waals surface area contributed by atoms with Gasteiger partial charge < -0.3 is 14.2 Å². The van der Waals surface area contributed by atoms with Crippen LogP contribution in [0.5, 0.6) is 0 Å². The Labute approximate surface area is 262 Å². The van der Waals surface area contributed by atoms with Gasteiger partial charge in [0.1, 0.15) is 5.69 Å². The summed E-state index contributed by atoms with van der Waals surface area (Å²) in [4.78, 5) is 11.6. The molecule has 0 spiro atoms. The second-order valence-corrected chi connectivity index (χ2v) is 23.4. The predicted octanol–water partition coefficient (Wildman–Crippen LogP) is 8.43. The number of rotatable bonds is 12. The average Bonchev–Trinajstić information content (AvgIpc) is 2.91. The Balaban J connectivity index is 2.03. The van der Waals surface area contributed by atoms with Crippen molar-refractivity contribution in [2.24, 2.45) is 0 Å². The topological polar surface area (TPSA) is 73.6 Å². The van der Waals surface area contributed by atoms with Crippen molar-refractivity contribution in [2.75, 3.05) is 18.5 Å². The summed E-state index contributed by atoms with van der Waals surface area (Å²) in [6.45, 7) is 20.8. The van der Waals surface area contributed by atoms with Crippen LogP contribution in [0.25, 0.3) is 0 Å². The Morgan fingerprint density at radius 1 is 0.881 bits per heavy atom. The van der Waals surface area contributed by atoms with E-state index in [1.807, 2.05) is 18.2 Å². The van der Waals surface area contributed by atoms with Gasteiger partial charge in [-0.2, -0.15) is 0 Å². The summed E-state index contributed by atoms with van der Waals surface area (Å²) in [5.74, 6) is 0. The maximum Gasteiger partial charge on any atom is 0.296 e. The highest BCUT2D eigenvalue weighted by Gasteiger charge is 2.51. The van der Waals surface area contributed by atoms with Gasteiger partial charge in [0.2, 0.25) is 0 Å². The molecule has 228 valence electrons. The Kier molecular flexibility index (Phi) is 11.0.